The number of carbonyl (C=O) groups excluding carboxylic acids is 1. The van der Waals surface area contributed by atoms with Crippen molar-refractivity contribution in [1.82, 2.24) is 10.3 Å². The molecule has 1 amide bonds. The minimum atomic E-state index is -0.172. The van der Waals surface area contributed by atoms with E-state index in [1.54, 1.807) is 19.2 Å². The lowest BCUT2D eigenvalue weighted by Crippen LogP contribution is -2.35. The molecular formula is C14H20ClN3O. The summed E-state index contributed by atoms with van der Waals surface area (Å²) in [6.07, 6.45) is 7.00. The monoisotopic (exact) mass is 281 g/mol. The van der Waals surface area contributed by atoms with Crippen molar-refractivity contribution in [1.29, 1.82) is 0 Å². The van der Waals surface area contributed by atoms with Crippen LogP contribution in [0, 0.1) is 0 Å². The van der Waals surface area contributed by atoms with Crippen LogP contribution in [0.3, 0.4) is 0 Å². The molecule has 0 spiro atoms. The third-order valence-electron chi connectivity index (χ3n) is 3.51. The molecule has 0 saturated heterocycles. The molecule has 0 aromatic carbocycles. The van der Waals surface area contributed by atoms with Crippen LogP contribution in [0.5, 0.6) is 0 Å². The highest BCUT2D eigenvalue weighted by molar-refractivity contribution is 6.33. The Morgan fingerprint density at radius 1 is 1.26 bits per heavy atom. The number of amides is 1. The van der Waals surface area contributed by atoms with Gasteiger partial charge in [-0.15, -0.1) is 0 Å². The Kier molecular flexibility index (Phi) is 5.02. The molecule has 0 atom stereocenters. The van der Waals surface area contributed by atoms with Gasteiger partial charge in [-0.05, 0) is 25.0 Å². The molecule has 1 aliphatic carbocycles. The Bertz CT molecular complexity index is 442. The van der Waals surface area contributed by atoms with E-state index in [2.05, 4.69) is 15.6 Å². The normalized spacial score (nSPS) is 16.7. The largest absolute Gasteiger partial charge is 0.373 e. The Hall–Kier alpha value is -1.29. The van der Waals surface area contributed by atoms with E-state index in [9.17, 15) is 4.79 Å². The first-order chi connectivity index (χ1) is 9.20. The maximum Gasteiger partial charge on any atom is 0.271 e. The van der Waals surface area contributed by atoms with Crippen LogP contribution in [0.25, 0.3) is 0 Å². The van der Waals surface area contributed by atoms with Crippen LogP contribution in [0.4, 0.5) is 5.82 Å². The molecule has 0 aliphatic heterocycles. The number of hydrogen-bond acceptors (Lipinski definition) is 3. The lowest BCUT2D eigenvalue weighted by atomic mass is 10.1. The number of nitrogens with zero attached hydrogens (tertiary/aromatic N) is 1. The van der Waals surface area contributed by atoms with Crippen LogP contribution in [-0.4, -0.2) is 24.0 Å². The van der Waals surface area contributed by atoms with E-state index in [-0.39, 0.29) is 11.9 Å². The lowest BCUT2D eigenvalue weighted by molar-refractivity contribution is 0.0928. The predicted molar refractivity (Wildman–Crippen MR) is 77.7 cm³/mol. The molecule has 2 rings (SSSR count). The lowest BCUT2D eigenvalue weighted by Gasteiger charge is -2.16. The molecule has 0 bridgehead atoms. The fraction of sp³-hybridized carbons (Fsp3) is 0.571. The third-order valence-corrected chi connectivity index (χ3v) is 3.81. The number of nitrogens with one attached hydrogen (secondary N) is 2. The van der Waals surface area contributed by atoms with Crippen LogP contribution in [-0.2, 0) is 0 Å². The summed E-state index contributed by atoms with van der Waals surface area (Å²) >= 11 is 6.05. The third kappa shape index (κ3) is 3.83. The zero-order valence-corrected chi connectivity index (χ0v) is 12.0. The number of pyridine rings is 1. The SMILES string of the molecule is CNc1ccc(Cl)c(C(=O)NC2CCCCCC2)n1. The molecule has 1 aliphatic rings. The quantitative estimate of drug-likeness (QED) is 0.837. The van der Waals surface area contributed by atoms with Crippen molar-refractivity contribution in [3.05, 3.63) is 22.8 Å². The fourth-order valence-electron chi connectivity index (χ4n) is 2.42. The molecule has 1 aromatic heterocycles. The van der Waals surface area contributed by atoms with Crippen LogP contribution in [0.1, 0.15) is 49.0 Å². The van der Waals surface area contributed by atoms with Crippen molar-refractivity contribution in [3.63, 3.8) is 0 Å². The molecule has 1 aromatic rings. The molecule has 1 fully saturated rings. The van der Waals surface area contributed by atoms with Gasteiger partial charge in [-0.1, -0.05) is 37.3 Å². The highest BCUT2D eigenvalue weighted by Gasteiger charge is 2.18. The number of rotatable bonds is 3. The first-order valence-electron chi connectivity index (χ1n) is 6.86. The van der Waals surface area contributed by atoms with E-state index in [0.29, 0.717) is 16.5 Å². The minimum Gasteiger partial charge on any atom is -0.373 e. The van der Waals surface area contributed by atoms with Crippen LogP contribution in [0.15, 0.2) is 12.1 Å². The van der Waals surface area contributed by atoms with Gasteiger partial charge in [-0.25, -0.2) is 4.98 Å². The molecule has 5 heteroatoms. The first-order valence-corrected chi connectivity index (χ1v) is 7.23. The van der Waals surface area contributed by atoms with Crippen molar-refractivity contribution in [3.8, 4) is 0 Å². The highest BCUT2D eigenvalue weighted by atomic mass is 35.5. The van der Waals surface area contributed by atoms with Gasteiger partial charge in [0.1, 0.15) is 11.5 Å². The van der Waals surface area contributed by atoms with Gasteiger partial charge in [0.15, 0.2) is 0 Å². The summed E-state index contributed by atoms with van der Waals surface area (Å²) in [4.78, 5) is 16.5. The van der Waals surface area contributed by atoms with Crippen LogP contribution in [0.2, 0.25) is 5.02 Å². The summed E-state index contributed by atoms with van der Waals surface area (Å²) in [7, 11) is 1.77. The zero-order chi connectivity index (χ0) is 13.7. The van der Waals surface area contributed by atoms with Crippen molar-refractivity contribution >= 4 is 23.3 Å². The number of halogens is 1. The van der Waals surface area contributed by atoms with Gasteiger partial charge in [0.2, 0.25) is 0 Å². The summed E-state index contributed by atoms with van der Waals surface area (Å²) < 4.78 is 0. The average molecular weight is 282 g/mol. The summed E-state index contributed by atoms with van der Waals surface area (Å²) in [6.45, 7) is 0. The Labute approximate surface area is 118 Å². The predicted octanol–water partition coefficient (Wildman–Crippen LogP) is 3.23. The fourth-order valence-corrected chi connectivity index (χ4v) is 2.61. The molecular weight excluding hydrogens is 262 g/mol. The van der Waals surface area contributed by atoms with Crippen molar-refractivity contribution in [2.45, 2.75) is 44.6 Å². The molecule has 104 valence electrons. The van der Waals surface area contributed by atoms with E-state index in [1.807, 2.05) is 0 Å². The first kappa shape index (κ1) is 14.1. The van der Waals surface area contributed by atoms with Gasteiger partial charge in [-0.3, -0.25) is 4.79 Å². The van der Waals surface area contributed by atoms with Gasteiger partial charge >= 0.3 is 0 Å². The number of carbonyl (C=O) groups is 1. The smallest absolute Gasteiger partial charge is 0.271 e. The average Bonchev–Trinajstić information content (AvgIpc) is 2.68. The summed E-state index contributed by atoms with van der Waals surface area (Å²) in [5.74, 6) is 0.476. The molecule has 0 radical (unpaired) electrons. The second-order valence-corrected chi connectivity index (χ2v) is 5.35. The van der Waals surface area contributed by atoms with Gasteiger partial charge in [0.05, 0.1) is 5.02 Å². The van der Waals surface area contributed by atoms with Gasteiger partial charge in [-0.2, -0.15) is 0 Å². The topological polar surface area (TPSA) is 54.0 Å². The standard InChI is InChI=1S/C14H20ClN3O/c1-16-12-9-8-11(15)13(18-12)14(19)17-10-6-4-2-3-5-7-10/h8-10H,2-7H2,1H3,(H,16,18)(H,17,19). The zero-order valence-electron chi connectivity index (χ0n) is 11.2. The highest BCUT2D eigenvalue weighted by Crippen LogP contribution is 2.20. The summed E-state index contributed by atoms with van der Waals surface area (Å²) in [6, 6.07) is 3.71. The Morgan fingerprint density at radius 2 is 1.95 bits per heavy atom. The second kappa shape index (κ2) is 6.75. The Balaban J connectivity index is 2.06. The molecule has 19 heavy (non-hydrogen) atoms. The molecule has 4 nitrogen and oxygen atoms in total. The summed E-state index contributed by atoms with van der Waals surface area (Å²) in [5, 5.41) is 6.36. The molecule has 2 N–H and O–H groups in total. The van der Waals surface area contributed by atoms with Gasteiger partial charge < -0.3 is 10.6 Å². The maximum atomic E-state index is 12.2. The number of hydrogen-bond donors (Lipinski definition) is 2. The van der Waals surface area contributed by atoms with E-state index in [4.69, 9.17) is 11.6 Å². The van der Waals surface area contributed by atoms with Crippen molar-refractivity contribution in [2.75, 3.05) is 12.4 Å². The van der Waals surface area contributed by atoms with Gasteiger partial charge in [0, 0.05) is 13.1 Å². The van der Waals surface area contributed by atoms with Crippen LogP contribution >= 0.6 is 11.6 Å². The van der Waals surface area contributed by atoms with Gasteiger partial charge in [0.25, 0.3) is 5.91 Å². The minimum absolute atomic E-state index is 0.172. The van der Waals surface area contributed by atoms with E-state index < -0.39 is 0 Å². The maximum absolute atomic E-state index is 12.2. The van der Waals surface area contributed by atoms with E-state index >= 15 is 0 Å². The van der Waals surface area contributed by atoms with E-state index in [0.717, 1.165) is 12.8 Å². The van der Waals surface area contributed by atoms with Crippen LogP contribution < -0.4 is 10.6 Å². The number of aromatic nitrogens is 1. The second-order valence-electron chi connectivity index (χ2n) is 4.94. The number of anilines is 1. The Morgan fingerprint density at radius 3 is 2.58 bits per heavy atom. The van der Waals surface area contributed by atoms with Crippen molar-refractivity contribution < 1.29 is 4.79 Å². The van der Waals surface area contributed by atoms with E-state index in [1.165, 1.54) is 25.7 Å². The molecule has 1 heterocycles. The summed E-state index contributed by atoms with van der Waals surface area (Å²) in [5.41, 5.74) is 0.303. The molecule has 0 unspecified atom stereocenters. The van der Waals surface area contributed by atoms with Crippen molar-refractivity contribution in [2.24, 2.45) is 0 Å². The molecule has 1 saturated carbocycles.